The second-order valence-electron chi connectivity index (χ2n) is 6.57. The highest BCUT2D eigenvalue weighted by Crippen LogP contribution is 2.18. The number of piperazine rings is 1. The Bertz CT molecular complexity index is 213. The standard InChI is InChI=1S/C16H34N2/c1-5-7-8-9-10-11-12-18-14-16(3,4)17-13-15(18)6-2/h15,17H,5-14H2,1-4H3. The van der Waals surface area contributed by atoms with E-state index in [1.54, 1.807) is 0 Å². The Morgan fingerprint density at radius 2 is 1.72 bits per heavy atom. The molecular weight excluding hydrogens is 220 g/mol. The molecule has 1 aliphatic rings. The van der Waals surface area contributed by atoms with Crippen molar-refractivity contribution in [2.45, 2.75) is 84.2 Å². The first-order valence-electron chi connectivity index (χ1n) is 8.08. The Hall–Kier alpha value is -0.0800. The van der Waals surface area contributed by atoms with Gasteiger partial charge in [0.2, 0.25) is 0 Å². The fourth-order valence-electron chi connectivity index (χ4n) is 2.98. The first-order valence-corrected chi connectivity index (χ1v) is 8.08. The van der Waals surface area contributed by atoms with E-state index in [9.17, 15) is 0 Å². The lowest BCUT2D eigenvalue weighted by Crippen LogP contribution is -2.61. The van der Waals surface area contributed by atoms with Crippen molar-refractivity contribution in [3.8, 4) is 0 Å². The van der Waals surface area contributed by atoms with Crippen molar-refractivity contribution in [1.29, 1.82) is 0 Å². The van der Waals surface area contributed by atoms with Gasteiger partial charge in [0.05, 0.1) is 0 Å². The minimum Gasteiger partial charge on any atom is -0.309 e. The molecule has 2 heteroatoms. The van der Waals surface area contributed by atoms with Crippen LogP contribution in [0.25, 0.3) is 0 Å². The molecule has 0 aromatic heterocycles. The zero-order valence-electron chi connectivity index (χ0n) is 13.1. The molecule has 1 N–H and O–H groups in total. The summed E-state index contributed by atoms with van der Waals surface area (Å²) in [4.78, 5) is 2.72. The summed E-state index contributed by atoms with van der Waals surface area (Å²) in [6, 6.07) is 0.758. The molecule has 0 aromatic rings. The molecule has 1 fully saturated rings. The quantitative estimate of drug-likeness (QED) is 0.663. The van der Waals surface area contributed by atoms with E-state index in [2.05, 4.69) is 37.9 Å². The van der Waals surface area contributed by atoms with Crippen molar-refractivity contribution in [2.75, 3.05) is 19.6 Å². The SMILES string of the molecule is CCCCCCCCN1CC(C)(C)NCC1CC. The lowest BCUT2D eigenvalue weighted by molar-refractivity contribution is 0.0908. The zero-order chi connectivity index (χ0) is 13.4. The molecule has 1 rings (SSSR count). The maximum Gasteiger partial charge on any atom is 0.0252 e. The maximum absolute atomic E-state index is 3.67. The molecule has 0 bridgehead atoms. The molecule has 0 radical (unpaired) electrons. The van der Waals surface area contributed by atoms with E-state index in [1.807, 2.05) is 0 Å². The minimum absolute atomic E-state index is 0.299. The Labute approximate surface area is 115 Å². The van der Waals surface area contributed by atoms with Gasteiger partial charge in [-0.1, -0.05) is 46.0 Å². The van der Waals surface area contributed by atoms with E-state index in [-0.39, 0.29) is 0 Å². The highest BCUT2D eigenvalue weighted by Gasteiger charge is 2.30. The highest BCUT2D eigenvalue weighted by molar-refractivity contribution is 4.91. The van der Waals surface area contributed by atoms with Gasteiger partial charge in [-0.05, 0) is 33.2 Å². The molecule has 0 spiro atoms. The van der Waals surface area contributed by atoms with Gasteiger partial charge < -0.3 is 5.32 Å². The predicted molar refractivity (Wildman–Crippen MR) is 81.1 cm³/mol. The molecule has 0 aliphatic carbocycles. The Kier molecular flexibility index (Phi) is 7.25. The molecule has 2 nitrogen and oxygen atoms in total. The number of nitrogens with one attached hydrogen (secondary N) is 1. The normalized spacial score (nSPS) is 24.3. The summed E-state index contributed by atoms with van der Waals surface area (Å²) in [5, 5.41) is 3.67. The molecule has 0 aromatic carbocycles. The fraction of sp³-hybridized carbons (Fsp3) is 1.00. The third-order valence-electron chi connectivity index (χ3n) is 4.20. The number of hydrogen-bond donors (Lipinski definition) is 1. The third kappa shape index (κ3) is 5.71. The molecule has 1 unspecified atom stereocenters. The van der Waals surface area contributed by atoms with Crippen LogP contribution >= 0.6 is 0 Å². The summed E-state index contributed by atoms with van der Waals surface area (Å²) in [6.45, 7) is 12.9. The van der Waals surface area contributed by atoms with Crippen LogP contribution in [0, 0.1) is 0 Å². The predicted octanol–water partition coefficient (Wildman–Crippen LogP) is 3.81. The van der Waals surface area contributed by atoms with Gasteiger partial charge in [0.1, 0.15) is 0 Å². The average Bonchev–Trinajstić information content (AvgIpc) is 2.33. The second-order valence-corrected chi connectivity index (χ2v) is 6.57. The summed E-state index contributed by atoms with van der Waals surface area (Å²) in [7, 11) is 0. The van der Waals surface area contributed by atoms with Crippen molar-refractivity contribution in [2.24, 2.45) is 0 Å². The fourth-order valence-corrected chi connectivity index (χ4v) is 2.98. The van der Waals surface area contributed by atoms with Gasteiger partial charge in [-0.15, -0.1) is 0 Å². The van der Waals surface area contributed by atoms with E-state index in [1.165, 1.54) is 64.6 Å². The van der Waals surface area contributed by atoms with Crippen molar-refractivity contribution in [3.05, 3.63) is 0 Å². The lowest BCUT2D eigenvalue weighted by atomic mass is 9.97. The molecule has 18 heavy (non-hydrogen) atoms. The molecular formula is C16H34N2. The van der Waals surface area contributed by atoms with E-state index in [0.29, 0.717) is 5.54 Å². The van der Waals surface area contributed by atoms with E-state index in [0.717, 1.165) is 6.04 Å². The molecule has 0 amide bonds. The van der Waals surface area contributed by atoms with E-state index < -0.39 is 0 Å². The number of rotatable bonds is 8. The van der Waals surface area contributed by atoms with Gasteiger partial charge in [0.25, 0.3) is 0 Å². The number of nitrogens with zero attached hydrogens (tertiary/aromatic N) is 1. The number of hydrogen-bond acceptors (Lipinski definition) is 2. The van der Waals surface area contributed by atoms with Gasteiger partial charge >= 0.3 is 0 Å². The van der Waals surface area contributed by atoms with Crippen molar-refractivity contribution in [3.63, 3.8) is 0 Å². The van der Waals surface area contributed by atoms with Gasteiger partial charge in [-0.25, -0.2) is 0 Å². The third-order valence-corrected chi connectivity index (χ3v) is 4.20. The minimum atomic E-state index is 0.299. The molecule has 1 saturated heterocycles. The van der Waals surface area contributed by atoms with Gasteiger partial charge in [0, 0.05) is 24.7 Å². The molecule has 0 saturated carbocycles. The van der Waals surface area contributed by atoms with Crippen LogP contribution < -0.4 is 5.32 Å². The summed E-state index contributed by atoms with van der Waals surface area (Å²) in [6.07, 6.45) is 9.71. The Morgan fingerprint density at radius 1 is 1.06 bits per heavy atom. The van der Waals surface area contributed by atoms with Gasteiger partial charge in [-0.2, -0.15) is 0 Å². The molecule has 1 heterocycles. The van der Waals surface area contributed by atoms with Crippen molar-refractivity contribution < 1.29 is 0 Å². The van der Waals surface area contributed by atoms with Gasteiger partial charge in [0.15, 0.2) is 0 Å². The van der Waals surface area contributed by atoms with Crippen LogP contribution in [-0.4, -0.2) is 36.1 Å². The van der Waals surface area contributed by atoms with Crippen molar-refractivity contribution >= 4 is 0 Å². The van der Waals surface area contributed by atoms with E-state index in [4.69, 9.17) is 0 Å². The lowest BCUT2D eigenvalue weighted by Gasteiger charge is -2.44. The highest BCUT2D eigenvalue weighted by atomic mass is 15.2. The molecule has 1 aliphatic heterocycles. The summed E-state index contributed by atoms with van der Waals surface area (Å²) >= 11 is 0. The first kappa shape index (κ1) is 16.0. The Balaban J connectivity index is 2.20. The topological polar surface area (TPSA) is 15.3 Å². The molecule has 108 valence electrons. The van der Waals surface area contributed by atoms with Crippen LogP contribution in [0.4, 0.5) is 0 Å². The monoisotopic (exact) mass is 254 g/mol. The average molecular weight is 254 g/mol. The zero-order valence-corrected chi connectivity index (χ0v) is 13.1. The molecule has 1 atom stereocenters. The summed E-state index contributed by atoms with van der Waals surface area (Å²) in [5.41, 5.74) is 0.299. The van der Waals surface area contributed by atoms with Crippen LogP contribution in [0.2, 0.25) is 0 Å². The summed E-state index contributed by atoms with van der Waals surface area (Å²) in [5.74, 6) is 0. The maximum atomic E-state index is 3.67. The largest absolute Gasteiger partial charge is 0.309 e. The van der Waals surface area contributed by atoms with Crippen LogP contribution in [0.1, 0.15) is 72.6 Å². The summed E-state index contributed by atoms with van der Waals surface area (Å²) < 4.78 is 0. The van der Waals surface area contributed by atoms with Gasteiger partial charge in [-0.3, -0.25) is 4.90 Å². The first-order chi connectivity index (χ1) is 8.59. The van der Waals surface area contributed by atoms with Crippen LogP contribution in [0.5, 0.6) is 0 Å². The van der Waals surface area contributed by atoms with Crippen molar-refractivity contribution in [1.82, 2.24) is 10.2 Å². The van der Waals surface area contributed by atoms with Crippen LogP contribution in [0.3, 0.4) is 0 Å². The Morgan fingerprint density at radius 3 is 2.39 bits per heavy atom. The van der Waals surface area contributed by atoms with Crippen LogP contribution in [-0.2, 0) is 0 Å². The van der Waals surface area contributed by atoms with E-state index >= 15 is 0 Å². The van der Waals surface area contributed by atoms with Crippen LogP contribution in [0.15, 0.2) is 0 Å². The smallest absolute Gasteiger partial charge is 0.0252 e. The second kappa shape index (κ2) is 8.16. The number of unbranched alkanes of at least 4 members (excludes halogenated alkanes) is 5.